The maximum absolute atomic E-state index is 5.67. The summed E-state index contributed by atoms with van der Waals surface area (Å²) in [6.07, 6.45) is 6.79. The van der Waals surface area contributed by atoms with Gasteiger partial charge >= 0.3 is 0 Å². The Morgan fingerprint density at radius 2 is 1.82 bits per heavy atom. The molecule has 0 aromatic heterocycles. The molecule has 66 valence electrons. The third-order valence-corrected chi connectivity index (χ3v) is 1.87. The Balaban J connectivity index is 3.07. The predicted octanol–water partition coefficient (Wildman–Crippen LogP) is 2.72. The summed E-state index contributed by atoms with van der Waals surface area (Å²) < 4.78 is 0. The zero-order valence-corrected chi connectivity index (χ0v) is 7.84. The van der Waals surface area contributed by atoms with Gasteiger partial charge in [0, 0.05) is 6.04 Å². The molecule has 1 nitrogen and oxygen atoms in total. The van der Waals surface area contributed by atoms with Gasteiger partial charge in [-0.05, 0) is 12.3 Å². The number of hydrogen-bond acceptors (Lipinski definition) is 1. The largest absolute Gasteiger partial charge is 0.324 e. The maximum atomic E-state index is 5.67. The van der Waals surface area contributed by atoms with Crippen LogP contribution in [0.15, 0.2) is 12.7 Å². The summed E-state index contributed by atoms with van der Waals surface area (Å²) >= 11 is 0. The number of unbranched alkanes of at least 4 members (excludes halogenated alkanes) is 1. The average Bonchev–Trinajstić information content (AvgIpc) is 1.97. The van der Waals surface area contributed by atoms with Gasteiger partial charge in [-0.2, -0.15) is 0 Å². The number of nitrogens with two attached hydrogens (primary N) is 1. The smallest absolute Gasteiger partial charge is 0.0221 e. The van der Waals surface area contributed by atoms with Crippen LogP contribution >= 0.6 is 0 Å². The van der Waals surface area contributed by atoms with Crippen molar-refractivity contribution >= 4 is 0 Å². The highest BCUT2D eigenvalue weighted by molar-refractivity contribution is 4.81. The molecule has 0 saturated carbocycles. The summed E-state index contributed by atoms with van der Waals surface area (Å²) in [5.41, 5.74) is 5.67. The lowest BCUT2D eigenvalue weighted by molar-refractivity contribution is 0.517. The van der Waals surface area contributed by atoms with E-state index in [9.17, 15) is 0 Å². The first-order valence-corrected chi connectivity index (χ1v) is 4.55. The third kappa shape index (κ3) is 7.60. The van der Waals surface area contributed by atoms with Crippen LogP contribution in [-0.4, -0.2) is 6.04 Å². The van der Waals surface area contributed by atoms with Gasteiger partial charge in [-0.25, -0.2) is 0 Å². The van der Waals surface area contributed by atoms with Gasteiger partial charge in [0.15, 0.2) is 0 Å². The summed E-state index contributed by atoms with van der Waals surface area (Å²) in [6.45, 7) is 8.16. The van der Waals surface area contributed by atoms with Crippen molar-refractivity contribution < 1.29 is 0 Å². The van der Waals surface area contributed by atoms with Crippen molar-refractivity contribution in [1.29, 1.82) is 0 Å². The second-order valence-electron chi connectivity index (χ2n) is 3.58. The van der Waals surface area contributed by atoms with Crippen LogP contribution in [0.5, 0.6) is 0 Å². The standard InChI is InChI=1S/C10H21N/c1-4-10(11)8-6-5-7-9(2)3/h4,9-10H,1,5-8,11H2,2-3H3. The van der Waals surface area contributed by atoms with Crippen LogP contribution < -0.4 is 5.73 Å². The summed E-state index contributed by atoms with van der Waals surface area (Å²) in [5, 5.41) is 0. The Bertz CT molecular complexity index is 97.0. The molecule has 0 aromatic carbocycles. The fourth-order valence-corrected chi connectivity index (χ4v) is 1.05. The van der Waals surface area contributed by atoms with Gasteiger partial charge in [-0.3, -0.25) is 0 Å². The van der Waals surface area contributed by atoms with Gasteiger partial charge < -0.3 is 5.73 Å². The molecule has 1 atom stereocenters. The van der Waals surface area contributed by atoms with Crippen LogP contribution in [0.1, 0.15) is 39.5 Å². The first-order valence-electron chi connectivity index (χ1n) is 4.55. The van der Waals surface area contributed by atoms with Crippen molar-refractivity contribution in [3.05, 3.63) is 12.7 Å². The molecular formula is C10H21N. The molecule has 1 unspecified atom stereocenters. The van der Waals surface area contributed by atoms with Crippen LogP contribution in [-0.2, 0) is 0 Å². The van der Waals surface area contributed by atoms with Crippen molar-refractivity contribution in [2.45, 2.75) is 45.6 Å². The fraction of sp³-hybridized carbons (Fsp3) is 0.800. The van der Waals surface area contributed by atoms with Gasteiger partial charge in [0.05, 0.1) is 0 Å². The SMILES string of the molecule is C=CC(N)CCCCC(C)C. The molecule has 2 N–H and O–H groups in total. The Morgan fingerprint density at radius 1 is 1.27 bits per heavy atom. The highest BCUT2D eigenvalue weighted by Crippen LogP contribution is 2.08. The maximum Gasteiger partial charge on any atom is 0.0221 e. The van der Waals surface area contributed by atoms with E-state index in [1.165, 1.54) is 19.3 Å². The van der Waals surface area contributed by atoms with Crippen molar-refractivity contribution in [1.82, 2.24) is 0 Å². The molecule has 0 aliphatic carbocycles. The van der Waals surface area contributed by atoms with E-state index in [1.54, 1.807) is 0 Å². The lowest BCUT2D eigenvalue weighted by atomic mass is 10.0. The Hall–Kier alpha value is -0.300. The molecule has 0 amide bonds. The molecule has 0 radical (unpaired) electrons. The van der Waals surface area contributed by atoms with E-state index in [1.807, 2.05) is 6.08 Å². The molecule has 0 rings (SSSR count). The van der Waals surface area contributed by atoms with E-state index < -0.39 is 0 Å². The van der Waals surface area contributed by atoms with Crippen molar-refractivity contribution in [2.75, 3.05) is 0 Å². The lowest BCUT2D eigenvalue weighted by Crippen LogP contribution is -2.15. The molecular weight excluding hydrogens is 134 g/mol. The van der Waals surface area contributed by atoms with E-state index in [-0.39, 0.29) is 6.04 Å². The summed E-state index contributed by atoms with van der Waals surface area (Å²) in [4.78, 5) is 0. The molecule has 0 aliphatic rings. The van der Waals surface area contributed by atoms with Crippen LogP contribution in [0.25, 0.3) is 0 Å². The fourth-order valence-electron chi connectivity index (χ4n) is 1.05. The molecule has 0 aliphatic heterocycles. The van der Waals surface area contributed by atoms with E-state index in [4.69, 9.17) is 5.73 Å². The van der Waals surface area contributed by atoms with Crippen molar-refractivity contribution in [3.8, 4) is 0 Å². The first kappa shape index (κ1) is 10.7. The topological polar surface area (TPSA) is 26.0 Å². The van der Waals surface area contributed by atoms with Gasteiger partial charge in [-0.1, -0.05) is 39.2 Å². The highest BCUT2D eigenvalue weighted by atomic mass is 14.6. The van der Waals surface area contributed by atoms with Gasteiger partial charge in [0.25, 0.3) is 0 Å². The quantitative estimate of drug-likeness (QED) is 0.463. The molecule has 1 heteroatoms. The molecule has 0 heterocycles. The molecule has 0 aromatic rings. The molecule has 0 fully saturated rings. The normalized spacial score (nSPS) is 13.5. The second kappa shape index (κ2) is 6.41. The van der Waals surface area contributed by atoms with Crippen LogP contribution in [0.4, 0.5) is 0 Å². The third-order valence-electron chi connectivity index (χ3n) is 1.87. The molecule has 11 heavy (non-hydrogen) atoms. The minimum Gasteiger partial charge on any atom is -0.324 e. The lowest BCUT2D eigenvalue weighted by Gasteiger charge is -2.06. The zero-order chi connectivity index (χ0) is 8.69. The average molecular weight is 155 g/mol. The summed E-state index contributed by atoms with van der Waals surface area (Å²) in [6, 6.07) is 0.210. The minimum atomic E-state index is 0.210. The predicted molar refractivity (Wildman–Crippen MR) is 51.5 cm³/mol. The van der Waals surface area contributed by atoms with E-state index in [0.29, 0.717) is 0 Å². The Labute approximate surface area is 70.7 Å². The first-order chi connectivity index (χ1) is 5.16. The number of rotatable bonds is 6. The van der Waals surface area contributed by atoms with E-state index in [0.717, 1.165) is 12.3 Å². The monoisotopic (exact) mass is 155 g/mol. The van der Waals surface area contributed by atoms with Crippen LogP contribution in [0, 0.1) is 5.92 Å². The van der Waals surface area contributed by atoms with Gasteiger partial charge in [0.1, 0.15) is 0 Å². The van der Waals surface area contributed by atoms with Crippen LogP contribution in [0.2, 0.25) is 0 Å². The minimum absolute atomic E-state index is 0.210. The Kier molecular flexibility index (Phi) is 6.24. The zero-order valence-electron chi connectivity index (χ0n) is 7.84. The molecule has 0 saturated heterocycles. The van der Waals surface area contributed by atoms with Gasteiger partial charge in [-0.15, -0.1) is 6.58 Å². The summed E-state index contributed by atoms with van der Waals surface area (Å²) in [5.74, 6) is 0.829. The van der Waals surface area contributed by atoms with Crippen LogP contribution in [0.3, 0.4) is 0 Å². The van der Waals surface area contributed by atoms with Crippen molar-refractivity contribution in [2.24, 2.45) is 11.7 Å². The summed E-state index contributed by atoms with van der Waals surface area (Å²) in [7, 11) is 0. The van der Waals surface area contributed by atoms with E-state index in [2.05, 4.69) is 20.4 Å². The second-order valence-corrected chi connectivity index (χ2v) is 3.58. The Morgan fingerprint density at radius 3 is 2.27 bits per heavy atom. The molecule has 0 spiro atoms. The van der Waals surface area contributed by atoms with Gasteiger partial charge in [0.2, 0.25) is 0 Å². The molecule has 0 bridgehead atoms. The highest BCUT2D eigenvalue weighted by Gasteiger charge is 1.97. The number of hydrogen-bond donors (Lipinski definition) is 1. The van der Waals surface area contributed by atoms with E-state index >= 15 is 0 Å². The van der Waals surface area contributed by atoms with Crippen molar-refractivity contribution in [3.63, 3.8) is 0 Å².